The van der Waals surface area contributed by atoms with Gasteiger partial charge in [-0.15, -0.1) is 0 Å². The largest absolute Gasteiger partial charge is 0.416 e. The summed E-state index contributed by atoms with van der Waals surface area (Å²) in [5.41, 5.74) is -0.0692. The maximum absolute atomic E-state index is 12.4. The van der Waals surface area contributed by atoms with E-state index < -0.39 is 11.7 Å². The van der Waals surface area contributed by atoms with Crippen molar-refractivity contribution >= 4 is 6.03 Å². The molecule has 20 heavy (non-hydrogen) atoms. The van der Waals surface area contributed by atoms with Gasteiger partial charge in [0.05, 0.1) is 18.2 Å². The molecule has 0 spiro atoms. The van der Waals surface area contributed by atoms with Crippen molar-refractivity contribution in [3.05, 3.63) is 35.4 Å². The van der Waals surface area contributed by atoms with Crippen molar-refractivity contribution in [3.8, 4) is 0 Å². The minimum Gasteiger partial charge on any atom is -0.394 e. The maximum Gasteiger partial charge on any atom is 0.416 e. The van der Waals surface area contributed by atoms with Crippen molar-refractivity contribution in [1.29, 1.82) is 0 Å². The van der Waals surface area contributed by atoms with Crippen LogP contribution in [0, 0.1) is 0 Å². The molecule has 2 amide bonds. The number of benzene rings is 1. The number of hydrogen-bond donors (Lipinski definition) is 2. The molecule has 1 heterocycles. The molecule has 110 valence electrons. The van der Waals surface area contributed by atoms with Gasteiger partial charge in [-0.2, -0.15) is 13.2 Å². The fourth-order valence-corrected chi connectivity index (χ4v) is 2.06. The van der Waals surface area contributed by atoms with Crippen LogP contribution >= 0.6 is 0 Å². The van der Waals surface area contributed by atoms with E-state index in [0.29, 0.717) is 18.5 Å². The Morgan fingerprint density at radius 2 is 1.95 bits per heavy atom. The summed E-state index contributed by atoms with van der Waals surface area (Å²) >= 11 is 0. The van der Waals surface area contributed by atoms with Gasteiger partial charge in [0.1, 0.15) is 0 Å². The molecule has 0 radical (unpaired) electrons. The van der Waals surface area contributed by atoms with Gasteiger partial charge < -0.3 is 15.3 Å². The zero-order valence-corrected chi connectivity index (χ0v) is 10.7. The van der Waals surface area contributed by atoms with Crippen LogP contribution in [0.2, 0.25) is 0 Å². The molecular weight excluding hydrogens is 273 g/mol. The summed E-state index contributed by atoms with van der Waals surface area (Å²) in [5, 5.41) is 11.6. The van der Waals surface area contributed by atoms with Crippen molar-refractivity contribution < 1.29 is 23.1 Å². The third-order valence-corrected chi connectivity index (χ3v) is 3.24. The van der Waals surface area contributed by atoms with E-state index in [0.717, 1.165) is 12.1 Å². The molecular formula is C13H15F3N2O2. The standard InChI is InChI=1S/C13H15F3N2O2/c14-13(15,16)10-3-1-9(2-4-10)7-18-6-5-11(8-19)17-12(18)20/h1-4,11,19H,5-8H2,(H,17,20)/t11-/m0/s1. The van der Waals surface area contributed by atoms with Crippen LogP contribution in [0.3, 0.4) is 0 Å². The van der Waals surface area contributed by atoms with Gasteiger partial charge in [-0.05, 0) is 24.1 Å². The second kappa shape index (κ2) is 5.70. The van der Waals surface area contributed by atoms with Gasteiger partial charge in [0, 0.05) is 13.1 Å². The first-order valence-electron chi connectivity index (χ1n) is 6.22. The highest BCUT2D eigenvalue weighted by molar-refractivity contribution is 5.75. The van der Waals surface area contributed by atoms with E-state index >= 15 is 0 Å². The van der Waals surface area contributed by atoms with Gasteiger partial charge in [0.25, 0.3) is 0 Å². The summed E-state index contributed by atoms with van der Waals surface area (Å²) in [5.74, 6) is 0. The molecule has 0 aromatic heterocycles. The molecule has 4 nitrogen and oxygen atoms in total. The summed E-state index contributed by atoms with van der Waals surface area (Å²) in [6.07, 6.45) is -3.74. The Balaban J connectivity index is 1.99. The smallest absolute Gasteiger partial charge is 0.394 e. The molecule has 1 aliphatic heterocycles. The third-order valence-electron chi connectivity index (χ3n) is 3.24. The lowest BCUT2D eigenvalue weighted by atomic mass is 10.1. The van der Waals surface area contributed by atoms with Crippen LogP contribution in [0.5, 0.6) is 0 Å². The van der Waals surface area contributed by atoms with E-state index in [1.54, 1.807) is 0 Å². The second-order valence-electron chi connectivity index (χ2n) is 4.73. The van der Waals surface area contributed by atoms with Crippen LogP contribution in [0.15, 0.2) is 24.3 Å². The summed E-state index contributed by atoms with van der Waals surface area (Å²) in [7, 11) is 0. The quantitative estimate of drug-likeness (QED) is 0.893. The lowest BCUT2D eigenvalue weighted by molar-refractivity contribution is -0.137. The summed E-state index contributed by atoms with van der Waals surface area (Å²) in [4.78, 5) is 13.2. The SMILES string of the molecule is O=C1N[C@H](CO)CCN1Cc1ccc(C(F)(F)F)cc1. The van der Waals surface area contributed by atoms with Gasteiger partial charge in [-0.1, -0.05) is 12.1 Å². The van der Waals surface area contributed by atoms with Gasteiger partial charge in [-0.3, -0.25) is 0 Å². The minimum atomic E-state index is -4.35. The topological polar surface area (TPSA) is 52.6 Å². The zero-order valence-electron chi connectivity index (χ0n) is 10.7. The molecule has 1 saturated heterocycles. The Kier molecular flexibility index (Phi) is 4.17. The first-order chi connectivity index (χ1) is 9.40. The fourth-order valence-electron chi connectivity index (χ4n) is 2.06. The van der Waals surface area contributed by atoms with E-state index in [1.807, 2.05) is 0 Å². The van der Waals surface area contributed by atoms with E-state index in [4.69, 9.17) is 5.11 Å². The number of alkyl halides is 3. The number of rotatable bonds is 3. The first kappa shape index (κ1) is 14.6. The molecule has 1 aromatic carbocycles. The van der Waals surface area contributed by atoms with Crippen molar-refractivity contribution in [2.24, 2.45) is 0 Å². The predicted octanol–water partition coefficient (Wildman–Crippen LogP) is 1.98. The molecule has 0 saturated carbocycles. The maximum atomic E-state index is 12.4. The Morgan fingerprint density at radius 3 is 2.45 bits per heavy atom. The predicted molar refractivity (Wildman–Crippen MR) is 65.9 cm³/mol. The van der Waals surface area contributed by atoms with Gasteiger partial charge in [-0.25, -0.2) is 4.79 Å². The second-order valence-corrected chi connectivity index (χ2v) is 4.73. The normalized spacial score (nSPS) is 19.9. The van der Waals surface area contributed by atoms with E-state index in [9.17, 15) is 18.0 Å². The number of amides is 2. The van der Waals surface area contributed by atoms with Crippen LogP contribution in [-0.2, 0) is 12.7 Å². The number of nitrogens with one attached hydrogen (secondary N) is 1. The number of carbonyl (C=O) groups excluding carboxylic acids is 1. The van der Waals surface area contributed by atoms with Crippen molar-refractivity contribution in [1.82, 2.24) is 10.2 Å². The van der Waals surface area contributed by atoms with Crippen LogP contribution in [0.25, 0.3) is 0 Å². The summed E-state index contributed by atoms with van der Waals surface area (Å²) < 4.78 is 37.3. The molecule has 1 aromatic rings. The number of urea groups is 1. The lowest BCUT2D eigenvalue weighted by Crippen LogP contribution is -2.52. The molecule has 7 heteroatoms. The molecule has 0 unspecified atom stereocenters. The highest BCUT2D eigenvalue weighted by atomic mass is 19.4. The van der Waals surface area contributed by atoms with Crippen LogP contribution in [0.4, 0.5) is 18.0 Å². The average molecular weight is 288 g/mol. The van der Waals surface area contributed by atoms with E-state index in [1.165, 1.54) is 17.0 Å². The van der Waals surface area contributed by atoms with Crippen molar-refractivity contribution in [2.75, 3.05) is 13.2 Å². The molecule has 2 N–H and O–H groups in total. The number of aliphatic hydroxyl groups is 1. The molecule has 1 atom stereocenters. The summed E-state index contributed by atoms with van der Waals surface area (Å²) in [6, 6.07) is 4.20. The minimum absolute atomic E-state index is 0.111. The molecule has 0 aliphatic carbocycles. The number of nitrogens with zero attached hydrogens (tertiary/aromatic N) is 1. The highest BCUT2D eigenvalue weighted by Crippen LogP contribution is 2.29. The molecule has 1 fully saturated rings. The Hall–Kier alpha value is -1.76. The fraction of sp³-hybridized carbons (Fsp3) is 0.462. The number of hydrogen-bond acceptors (Lipinski definition) is 2. The number of aliphatic hydroxyl groups excluding tert-OH is 1. The zero-order chi connectivity index (χ0) is 14.8. The van der Waals surface area contributed by atoms with Gasteiger partial charge in [0.15, 0.2) is 0 Å². The average Bonchev–Trinajstić information content (AvgIpc) is 2.40. The van der Waals surface area contributed by atoms with Gasteiger partial charge in [0.2, 0.25) is 0 Å². The van der Waals surface area contributed by atoms with E-state index in [-0.39, 0.29) is 25.2 Å². The summed E-state index contributed by atoms with van der Waals surface area (Å²) in [6.45, 7) is 0.611. The van der Waals surface area contributed by atoms with E-state index in [2.05, 4.69) is 5.32 Å². The Bertz CT molecular complexity index is 473. The first-order valence-corrected chi connectivity index (χ1v) is 6.22. The Labute approximate surface area is 114 Å². The molecule has 0 bridgehead atoms. The molecule has 2 rings (SSSR count). The lowest BCUT2D eigenvalue weighted by Gasteiger charge is -2.32. The van der Waals surface area contributed by atoms with Crippen molar-refractivity contribution in [3.63, 3.8) is 0 Å². The Morgan fingerprint density at radius 1 is 1.30 bits per heavy atom. The number of halogens is 3. The third kappa shape index (κ3) is 3.41. The van der Waals surface area contributed by atoms with Crippen molar-refractivity contribution in [2.45, 2.75) is 25.2 Å². The van der Waals surface area contributed by atoms with Crippen LogP contribution in [0.1, 0.15) is 17.5 Å². The highest BCUT2D eigenvalue weighted by Gasteiger charge is 2.30. The monoisotopic (exact) mass is 288 g/mol. The molecule has 1 aliphatic rings. The van der Waals surface area contributed by atoms with Gasteiger partial charge >= 0.3 is 12.2 Å². The number of carbonyl (C=O) groups is 1. The van der Waals surface area contributed by atoms with Crippen LogP contribution in [-0.4, -0.2) is 35.2 Å². The van der Waals surface area contributed by atoms with Crippen LogP contribution < -0.4 is 5.32 Å².